The minimum Gasteiger partial charge on any atom is -0.461 e. The standard InChI is InChI=1S/C18H28O2/c1-2-3-4-5-6-7-8-12-15-18(19)20-16-17-13-10-9-11-14-17/h9-11,13-14H,2-8,12,15-16H2,1H3. The van der Waals surface area contributed by atoms with Gasteiger partial charge in [0.1, 0.15) is 6.61 Å². The zero-order valence-corrected chi connectivity index (χ0v) is 12.8. The highest BCUT2D eigenvalue weighted by atomic mass is 16.5. The van der Waals surface area contributed by atoms with Gasteiger partial charge in [0.25, 0.3) is 0 Å². The first kappa shape index (κ1) is 16.7. The molecule has 0 N–H and O–H groups in total. The zero-order chi connectivity index (χ0) is 14.5. The van der Waals surface area contributed by atoms with E-state index in [1.165, 1.54) is 38.5 Å². The number of hydrogen-bond donors (Lipinski definition) is 0. The van der Waals surface area contributed by atoms with Crippen molar-refractivity contribution in [3.05, 3.63) is 35.9 Å². The Kier molecular flexibility index (Phi) is 9.64. The lowest BCUT2D eigenvalue weighted by molar-refractivity contribution is -0.145. The predicted octanol–water partition coefficient (Wildman–Crippen LogP) is 5.26. The highest BCUT2D eigenvalue weighted by molar-refractivity contribution is 5.69. The van der Waals surface area contributed by atoms with Crippen LogP contribution in [0.3, 0.4) is 0 Å². The van der Waals surface area contributed by atoms with Crippen LogP contribution in [0, 0.1) is 0 Å². The van der Waals surface area contributed by atoms with Gasteiger partial charge in [-0.2, -0.15) is 0 Å². The maximum atomic E-state index is 11.6. The van der Waals surface area contributed by atoms with Crippen LogP contribution < -0.4 is 0 Å². The Bertz CT molecular complexity index is 346. The summed E-state index contributed by atoms with van der Waals surface area (Å²) in [6, 6.07) is 9.84. The summed E-state index contributed by atoms with van der Waals surface area (Å²) in [6.07, 6.45) is 10.6. The number of ether oxygens (including phenoxy) is 1. The van der Waals surface area contributed by atoms with Gasteiger partial charge in [-0.05, 0) is 12.0 Å². The van der Waals surface area contributed by atoms with E-state index in [4.69, 9.17) is 4.74 Å². The van der Waals surface area contributed by atoms with Gasteiger partial charge in [0.15, 0.2) is 0 Å². The molecule has 0 aliphatic carbocycles. The van der Waals surface area contributed by atoms with Crippen LogP contribution in [-0.2, 0) is 16.1 Å². The summed E-state index contributed by atoms with van der Waals surface area (Å²) in [5, 5.41) is 0. The normalized spacial score (nSPS) is 10.4. The molecule has 0 fully saturated rings. The van der Waals surface area contributed by atoms with Gasteiger partial charge in [-0.3, -0.25) is 4.79 Å². The molecule has 0 unspecified atom stereocenters. The van der Waals surface area contributed by atoms with E-state index in [2.05, 4.69) is 6.92 Å². The third-order valence-electron chi connectivity index (χ3n) is 3.48. The molecule has 0 aliphatic heterocycles. The molecule has 0 bridgehead atoms. The summed E-state index contributed by atoms with van der Waals surface area (Å²) in [7, 11) is 0. The number of carbonyl (C=O) groups excluding carboxylic acids is 1. The lowest BCUT2D eigenvalue weighted by atomic mass is 10.1. The van der Waals surface area contributed by atoms with Crippen molar-refractivity contribution in [1.82, 2.24) is 0 Å². The molecule has 0 saturated heterocycles. The van der Waals surface area contributed by atoms with E-state index in [0.29, 0.717) is 13.0 Å². The number of unbranched alkanes of at least 4 members (excludes halogenated alkanes) is 7. The molecular formula is C18H28O2. The minimum atomic E-state index is -0.0696. The second kappa shape index (κ2) is 11.5. The van der Waals surface area contributed by atoms with Crippen LogP contribution in [0.1, 0.15) is 70.3 Å². The van der Waals surface area contributed by atoms with Gasteiger partial charge >= 0.3 is 5.97 Å². The van der Waals surface area contributed by atoms with Gasteiger partial charge in [0, 0.05) is 6.42 Å². The zero-order valence-electron chi connectivity index (χ0n) is 12.8. The van der Waals surface area contributed by atoms with Crippen LogP contribution in [0.4, 0.5) is 0 Å². The van der Waals surface area contributed by atoms with Crippen LogP contribution in [-0.4, -0.2) is 5.97 Å². The van der Waals surface area contributed by atoms with E-state index in [9.17, 15) is 4.79 Å². The molecule has 2 nitrogen and oxygen atoms in total. The topological polar surface area (TPSA) is 26.3 Å². The van der Waals surface area contributed by atoms with Gasteiger partial charge in [0.05, 0.1) is 0 Å². The average Bonchev–Trinajstić information content (AvgIpc) is 2.49. The molecule has 2 heteroatoms. The summed E-state index contributed by atoms with van der Waals surface area (Å²) in [5.74, 6) is -0.0696. The number of benzene rings is 1. The average molecular weight is 276 g/mol. The van der Waals surface area contributed by atoms with Crippen LogP contribution in [0.15, 0.2) is 30.3 Å². The highest BCUT2D eigenvalue weighted by Gasteiger charge is 2.03. The Labute approximate surface area is 123 Å². The smallest absolute Gasteiger partial charge is 0.306 e. The summed E-state index contributed by atoms with van der Waals surface area (Å²) < 4.78 is 5.25. The Morgan fingerprint density at radius 3 is 2.15 bits per heavy atom. The number of hydrogen-bond acceptors (Lipinski definition) is 2. The molecule has 112 valence electrons. The largest absolute Gasteiger partial charge is 0.461 e. The van der Waals surface area contributed by atoms with E-state index < -0.39 is 0 Å². The van der Waals surface area contributed by atoms with Crippen molar-refractivity contribution in [2.75, 3.05) is 0 Å². The molecule has 1 aromatic rings. The molecule has 0 heterocycles. The molecule has 1 aromatic carbocycles. The number of rotatable bonds is 11. The number of esters is 1. The summed E-state index contributed by atoms with van der Waals surface area (Å²) >= 11 is 0. The quantitative estimate of drug-likeness (QED) is 0.407. The fourth-order valence-electron chi connectivity index (χ4n) is 2.21. The van der Waals surface area contributed by atoms with Gasteiger partial charge in [-0.25, -0.2) is 0 Å². The van der Waals surface area contributed by atoms with Crippen molar-refractivity contribution < 1.29 is 9.53 Å². The molecule has 20 heavy (non-hydrogen) atoms. The first-order chi connectivity index (χ1) is 9.83. The third kappa shape index (κ3) is 8.73. The Balaban J connectivity index is 1.93. The first-order valence-electron chi connectivity index (χ1n) is 8.02. The van der Waals surface area contributed by atoms with E-state index in [-0.39, 0.29) is 5.97 Å². The molecule has 0 spiro atoms. The molecule has 0 radical (unpaired) electrons. The third-order valence-corrected chi connectivity index (χ3v) is 3.48. The fourth-order valence-corrected chi connectivity index (χ4v) is 2.21. The van der Waals surface area contributed by atoms with E-state index in [1.54, 1.807) is 0 Å². The van der Waals surface area contributed by atoms with Crippen LogP contribution in [0.2, 0.25) is 0 Å². The van der Waals surface area contributed by atoms with E-state index in [1.807, 2.05) is 30.3 Å². The Hall–Kier alpha value is -1.31. The molecule has 0 saturated carbocycles. The molecular weight excluding hydrogens is 248 g/mol. The van der Waals surface area contributed by atoms with Crippen LogP contribution in [0.5, 0.6) is 0 Å². The Morgan fingerprint density at radius 1 is 0.900 bits per heavy atom. The molecule has 0 amide bonds. The van der Waals surface area contributed by atoms with Gasteiger partial charge in [0.2, 0.25) is 0 Å². The van der Waals surface area contributed by atoms with E-state index >= 15 is 0 Å². The second-order valence-electron chi connectivity index (χ2n) is 5.37. The summed E-state index contributed by atoms with van der Waals surface area (Å²) in [6.45, 7) is 2.64. The van der Waals surface area contributed by atoms with Gasteiger partial charge in [-0.1, -0.05) is 82.2 Å². The minimum absolute atomic E-state index is 0.0696. The molecule has 0 aliphatic rings. The highest BCUT2D eigenvalue weighted by Crippen LogP contribution is 2.10. The molecule has 0 aromatic heterocycles. The molecule has 0 atom stereocenters. The van der Waals surface area contributed by atoms with Gasteiger partial charge in [-0.15, -0.1) is 0 Å². The predicted molar refractivity (Wildman–Crippen MR) is 83.5 cm³/mol. The van der Waals surface area contributed by atoms with Crippen molar-refractivity contribution in [3.63, 3.8) is 0 Å². The van der Waals surface area contributed by atoms with Crippen LogP contribution in [0.25, 0.3) is 0 Å². The fraction of sp³-hybridized carbons (Fsp3) is 0.611. The van der Waals surface area contributed by atoms with Crippen molar-refractivity contribution in [1.29, 1.82) is 0 Å². The lowest BCUT2D eigenvalue weighted by Gasteiger charge is -2.05. The monoisotopic (exact) mass is 276 g/mol. The van der Waals surface area contributed by atoms with Crippen LogP contribution >= 0.6 is 0 Å². The summed E-state index contributed by atoms with van der Waals surface area (Å²) in [5.41, 5.74) is 1.05. The molecule has 1 rings (SSSR count). The van der Waals surface area contributed by atoms with Gasteiger partial charge < -0.3 is 4.74 Å². The second-order valence-corrected chi connectivity index (χ2v) is 5.37. The lowest BCUT2D eigenvalue weighted by Crippen LogP contribution is -2.04. The summed E-state index contributed by atoms with van der Waals surface area (Å²) in [4.78, 5) is 11.6. The number of carbonyl (C=O) groups is 1. The SMILES string of the molecule is CCCCCCCCCCC(=O)OCc1ccccc1. The van der Waals surface area contributed by atoms with Crippen molar-refractivity contribution in [2.45, 2.75) is 71.3 Å². The van der Waals surface area contributed by atoms with Crippen molar-refractivity contribution >= 4 is 5.97 Å². The van der Waals surface area contributed by atoms with Crippen molar-refractivity contribution in [2.24, 2.45) is 0 Å². The maximum Gasteiger partial charge on any atom is 0.306 e. The first-order valence-corrected chi connectivity index (χ1v) is 8.02. The van der Waals surface area contributed by atoms with E-state index in [0.717, 1.165) is 18.4 Å². The Morgan fingerprint density at radius 2 is 1.50 bits per heavy atom. The maximum absolute atomic E-state index is 11.6. The van der Waals surface area contributed by atoms with Crippen molar-refractivity contribution in [3.8, 4) is 0 Å².